The Morgan fingerprint density at radius 2 is 1.13 bits per heavy atom. The molecule has 482 valence electrons. The van der Waals surface area contributed by atoms with Crippen LogP contribution in [-0.4, -0.2) is 263 Å². The van der Waals surface area contributed by atoms with Crippen molar-refractivity contribution in [2.75, 3.05) is 33.0 Å². The van der Waals surface area contributed by atoms with E-state index in [9.17, 15) is 76.6 Å². The van der Waals surface area contributed by atoms with E-state index in [1.807, 2.05) is 6.92 Å². The first-order valence-electron chi connectivity index (χ1n) is 30.2. The summed E-state index contributed by atoms with van der Waals surface area (Å²) in [6.07, 6.45) is -29.1. The lowest BCUT2D eigenvalue weighted by Crippen LogP contribution is -2.67. The molecule has 15 N–H and O–H groups in total. The Morgan fingerprint density at radius 3 is 1.81 bits per heavy atom. The number of hydrogen-bond donors (Lipinski definition) is 15. The molecule has 5 heterocycles. The highest BCUT2D eigenvalue weighted by molar-refractivity contribution is 5.79. The van der Waals surface area contributed by atoms with Gasteiger partial charge in [0.15, 0.2) is 25.2 Å². The summed E-state index contributed by atoms with van der Waals surface area (Å²) in [7, 11) is 0. The highest BCUT2D eigenvalue weighted by atomic mass is 16.8. The Kier molecular flexibility index (Phi) is 18.7. The summed E-state index contributed by atoms with van der Waals surface area (Å²) in [5.74, 6) is -0.941. The van der Waals surface area contributed by atoms with Crippen LogP contribution in [0.25, 0.3) is 0 Å². The maximum absolute atomic E-state index is 15.2. The molecule has 0 bridgehead atoms. The van der Waals surface area contributed by atoms with Crippen LogP contribution >= 0.6 is 0 Å². The Morgan fingerprint density at radius 1 is 0.548 bits per heavy atom. The lowest BCUT2D eigenvalue weighted by Gasteiger charge is -2.71. The third-order valence-corrected chi connectivity index (χ3v) is 22.9. The van der Waals surface area contributed by atoms with E-state index in [-0.39, 0.29) is 47.2 Å². The van der Waals surface area contributed by atoms with Crippen molar-refractivity contribution in [1.82, 2.24) is 0 Å². The van der Waals surface area contributed by atoms with Crippen molar-refractivity contribution in [2.45, 2.75) is 260 Å². The second-order valence-electron chi connectivity index (χ2n) is 28.0. The van der Waals surface area contributed by atoms with Crippen molar-refractivity contribution in [1.29, 1.82) is 0 Å². The Bertz CT molecular complexity index is 2330. The molecule has 32 unspecified atom stereocenters. The predicted octanol–water partition coefficient (Wildman–Crippen LogP) is -2.93. The molecule has 9 fully saturated rings. The zero-order valence-electron chi connectivity index (χ0n) is 49.0. The van der Waals surface area contributed by atoms with Gasteiger partial charge in [0.1, 0.15) is 104 Å². The lowest BCUT2D eigenvalue weighted by molar-refractivity contribution is -0.384. The Hall–Kier alpha value is -1.75. The number of carbonyl (C=O) groups is 1. The van der Waals surface area contributed by atoms with E-state index in [4.69, 9.17) is 47.4 Å². The zero-order chi connectivity index (χ0) is 61.1. The van der Waals surface area contributed by atoms with E-state index in [0.717, 1.165) is 6.42 Å². The highest BCUT2D eigenvalue weighted by Gasteiger charge is 2.71. The smallest absolute Gasteiger partial charge is 0.315 e. The number of fused-ring (bicyclic) bond motifs is 7. The molecule has 10 rings (SSSR count). The topological polar surface area (TPSA) is 413 Å². The van der Waals surface area contributed by atoms with Crippen molar-refractivity contribution in [3.63, 3.8) is 0 Å². The Balaban J connectivity index is 0.883. The van der Waals surface area contributed by atoms with Crippen LogP contribution in [0.3, 0.4) is 0 Å². The molecule has 32 atom stereocenters. The molecule has 26 nitrogen and oxygen atoms in total. The van der Waals surface area contributed by atoms with Gasteiger partial charge in [-0.05, 0) is 111 Å². The summed E-state index contributed by atoms with van der Waals surface area (Å²) in [5.41, 5.74) is -2.10. The van der Waals surface area contributed by atoms with Crippen molar-refractivity contribution in [3.8, 4) is 0 Å². The van der Waals surface area contributed by atoms with Crippen LogP contribution < -0.4 is 0 Å². The first kappa shape index (κ1) is 65.2. The second-order valence-corrected chi connectivity index (χ2v) is 28.0. The number of aliphatic hydroxyl groups is 15. The zero-order valence-corrected chi connectivity index (χ0v) is 49.0. The first-order chi connectivity index (χ1) is 39.4. The molecule has 0 aromatic carbocycles. The summed E-state index contributed by atoms with van der Waals surface area (Å²) in [6.45, 7) is 12.2. The number of ether oxygens (including phenoxy) is 10. The van der Waals surface area contributed by atoms with Crippen LogP contribution in [0, 0.1) is 50.2 Å². The van der Waals surface area contributed by atoms with Crippen LogP contribution in [0.4, 0.5) is 0 Å². The molecule has 0 aromatic heterocycles. The molecular formula is C58H94O26. The first-order valence-corrected chi connectivity index (χ1v) is 30.2. The van der Waals surface area contributed by atoms with Crippen LogP contribution in [0.15, 0.2) is 11.6 Å². The van der Waals surface area contributed by atoms with E-state index >= 15 is 4.79 Å². The van der Waals surface area contributed by atoms with Crippen LogP contribution in [0.5, 0.6) is 0 Å². The van der Waals surface area contributed by atoms with Gasteiger partial charge in [0.05, 0.1) is 50.7 Å². The van der Waals surface area contributed by atoms with Gasteiger partial charge in [0.25, 0.3) is 0 Å². The molecule has 4 saturated carbocycles. The molecule has 84 heavy (non-hydrogen) atoms. The van der Waals surface area contributed by atoms with Crippen molar-refractivity contribution < 1.29 is 129 Å². The average molecular weight is 1210 g/mol. The van der Waals surface area contributed by atoms with Gasteiger partial charge in [-0.1, -0.05) is 53.2 Å². The van der Waals surface area contributed by atoms with Gasteiger partial charge < -0.3 is 124 Å². The molecule has 10 aliphatic rings. The van der Waals surface area contributed by atoms with E-state index < -0.39 is 189 Å². The second kappa shape index (κ2) is 24.1. The monoisotopic (exact) mass is 1210 g/mol. The van der Waals surface area contributed by atoms with Crippen LogP contribution in [0.2, 0.25) is 0 Å². The maximum Gasteiger partial charge on any atom is 0.315 e. The van der Waals surface area contributed by atoms with E-state index in [0.29, 0.717) is 57.8 Å². The van der Waals surface area contributed by atoms with Gasteiger partial charge in [-0.15, -0.1) is 0 Å². The van der Waals surface area contributed by atoms with E-state index in [1.165, 1.54) is 12.5 Å². The quantitative estimate of drug-likeness (QED) is 0.0499. The molecule has 5 saturated heterocycles. The normalized spacial score (nSPS) is 54.9. The summed E-state index contributed by atoms with van der Waals surface area (Å²) >= 11 is 0. The minimum atomic E-state index is -1.91. The van der Waals surface area contributed by atoms with Gasteiger partial charge in [-0.2, -0.15) is 0 Å². The molecular weight excluding hydrogens is 1110 g/mol. The van der Waals surface area contributed by atoms with Crippen molar-refractivity contribution in [3.05, 3.63) is 11.6 Å². The Labute approximate surface area is 488 Å². The van der Waals surface area contributed by atoms with Gasteiger partial charge in [0.2, 0.25) is 6.29 Å². The van der Waals surface area contributed by atoms with Crippen LogP contribution in [-0.2, 0) is 52.2 Å². The van der Waals surface area contributed by atoms with Gasteiger partial charge in [-0.25, -0.2) is 0 Å². The third-order valence-electron chi connectivity index (χ3n) is 22.9. The molecule has 0 radical (unpaired) electrons. The number of carbonyl (C=O) groups excluding carboxylic acids is 1. The number of rotatable bonds is 13. The number of hydrogen-bond acceptors (Lipinski definition) is 26. The summed E-state index contributed by atoms with van der Waals surface area (Å²) in [5, 5.41) is 162. The van der Waals surface area contributed by atoms with Crippen molar-refractivity contribution >= 4 is 5.97 Å². The van der Waals surface area contributed by atoms with Crippen molar-refractivity contribution in [2.24, 2.45) is 50.2 Å². The fourth-order valence-electron chi connectivity index (χ4n) is 17.4. The lowest BCUT2D eigenvalue weighted by atomic mass is 9.33. The van der Waals surface area contributed by atoms with Gasteiger partial charge in [0, 0.05) is 5.41 Å². The van der Waals surface area contributed by atoms with E-state index in [1.54, 1.807) is 0 Å². The number of allylic oxidation sites excluding steroid dienone is 2. The SMILES string of the molecule is CC1OC(OC2C(OC3CCC4(C)C(CCC5(C)C4CC=C4C6CC(C)(C)CCC6(C(=O)OC6OC(CO)C(OC7OC(CO)C(O)C(O)C7O)C(O)C6O)CCC45C)C3(C)CO)OCC(O)C2OC2OCC(O)C(O)C2O)C(O)C(O)C1O. The summed E-state index contributed by atoms with van der Waals surface area (Å²) in [4.78, 5) is 15.2. The predicted molar refractivity (Wildman–Crippen MR) is 283 cm³/mol. The molecule has 26 heteroatoms. The maximum atomic E-state index is 15.2. The van der Waals surface area contributed by atoms with Gasteiger partial charge >= 0.3 is 5.97 Å². The standard InChI is InChI=1S/C58H94O26/c1-24-34(64)37(67)41(71)48(77-24)83-46-44(81-47-40(70)35(65)27(62)21-75-47)28(63)22-76-51(46)80-33-11-12-54(4)31(55(33,5)23-61)10-13-57(7)32(54)9-8-25-26-18-53(2,3)14-16-58(26,17-15-56(25,57)6)52(74)84-50-43(73)39(69)45(30(20-60)79-50)82-49-42(72)38(68)36(66)29(19-59)78-49/h8,24,26-51,59-73H,9-23H2,1-7H3. The number of aliphatic hydroxyl groups excluding tert-OH is 15. The fraction of sp³-hybridized carbons (Fsp3) is 0.948. The van der Waals surface area contributed by atoms with Crippen LogP contribution in [0.1, 0.15) is 113 Å². The molecule has 0 amide bonds. The molecule has 5 aliphatic carbocycles. The fourth-order valence-corrected chi connectivity index (χ4v) is 17.4. The molecule has 0 spiro atoms. The third kappa shape index (κ3) is 10.8. The number of esters is 1. The van der Waals surface area contributed by atoms with E-state index in [2.05, 4.69) is 40.7 Å². The minimum absolute atomic E-state index is 0.0839. The average Bonchev–Trinajstić information content (AvgIpc) is 0.709. The summed E-state index contributed by atoms with van der Waals surface area (Å²) in [6, 6.07) is 0. The highest BCUT2D eigenvalue weighted by Crippen LogP contribution is 2.76. The molecule has 5 aliphatic heterocycles. The summed E-state index contributed by atoms with van der Waals surface area (Å²) < 4.78 is 60.4. The molecule has 0 aromatic rings. The largest absolute Gasteiger partial charge is 0.432 e. The van der Waals surface area contributed by atoms with Gasteiger partial charge in [-0.3, -0.25) is 4.79 Å². The minimum Gasteiger partial charge on any atom is -0.432 e.